The third-order valence-corrected chi connectivity index (χ3v) is 10.3. The number of hydrogen-bond donors (Lipinski definition) is 0. The molecule has 0 aliphatic carbocycles. The maximum atomic E-state index is 9.17. The van der Waals surface area contributed by atoms with Gasteiger partial charge in [-0.1, -0.05) is 154 Å². The first-order valence-electron chi connectivity index (χ1n) is 22.3. The van der Waals surface area contributed by atoms with Gasteiger partial charge in [-0.25, -0.2) is 0 Å². The molecule has 0 saturated carbocycles. The van der Waals surface area contributed by atoms with Gasteiger partial charge in [0.15, 0.2) is 0 Å². The van der Waals surface area contributed by atoms with Crippen molar-refractivity contribution >= 4 is 0 Å². The van der Waals surface area contributed by atoms with Crippen LogP contribution < -0.4 is 0 Å². The highest BCUT2D eigenvalue weighted by Crippen LogP contribution is 2.13. The van der Waals surface area contributed by atoms with Crippen LogP contribution >= 0.6 is 0 Å². The lowest BCUT2D eigenvalue weighted by atomic mass is 10.1. The summed E-state index contributed by atoms with van der Waals surface area (Å²) >= 11 is 0. The zero-order chi connectivity index (χ0) is 36.3. The molecule has 0 aliphatic rings. The number of unbranched alkanes of at least 4 members (excludes halogenated alkanes) is 25. The van der Waals surface area contributed by atoms with Crippen LogP contribution in [0.1, 0.15) is 219 Å². The monoisotopic (exact) mass is 695 g/mol. The molecular formula is C46H86N4. The van der Waals surface area contributed by atoms with Crippen LogP contribution in [0.15, 0.2) is 24.3 Å². The molecule has 0 spiro atoms. The van der Waals surface area contributed by atoms with Crippen LogP contribution in [-0.4, -0.2) is 49.1 Å². The Morgan fingerprint density at radius 3 is 0.840 bits per heavy atom. The normalized spacial score (nSPS) is 11.8. The molecule has 0 rings (SSSR count). The van der Waals surface area contributed by atoms with Gasteiger partial charge in [0.05, 0.1) is 12.1 Å². The van der Waals surface area contributed by atoms with E-state index in [-0.39, 0.29) is 0 Å². The van der Waals surface area contributed by atoms with Crippen molar-refractivity contribution in [1.29, 1.82) is 10.5 Å². The Morgan fingerprint density at radius 2 is 0.560 bits per heavy atom. The van der Waals surface area contributed by atoms with Gasteiger partial charge in [-0.3, -0.25) is 0 Å². The van der Waals surface area contributed by atoms with Crippen LogP contribution in [0.3, 0.4) is 0 Å². The average Bonchev–Trinajstić information content (AvgIpc) is 3.13. The summed E-state index contributed by atoms with van der Waals surface area (Å²) in [5.41, 5.74) is 0. The van der Waals surface area contributed by atoms with Gasteiger partial charge < -0.3 is 9.80 Å². The molecule has 0 amide bonds. The Labute approximate surface area is 314 Å². The second-order valence-electron chi connectivity index (χ2n) is 15.1. The highest BCUT2D eigenvalue weighted by atomic mass is 15.1. The molecule has 0 atom stereocenters. The summed E-state index contributed by atoms with van der Waals surface area (Å²) in [4.78, 5) is 5.06. The molecule has 4 nitrogen and oxygen atoms in total. The van der Waals surface area contributed by atoms with Crippen LogP contribution in [-0.2, 0) is 0 Å². The van der Waals surface area contributed by atoms with E-state index in [2.05, 4.69) is 60.1 Å². The van der Waals surface area contributed by atoms with Gasteiger partial charge in [0.1, 0.15) is 0 Å². The predicted molar refractivity (Wildman–Crippen MR) is 221 cm³/mol. The lowest BCUT2D eigenvalue weighted by molar-refractivity contribution is 0.239. The first kappa shape index (κ1) is 48.4. The van der Waals surface area contributed by atoms with Gasteiger partial charge >= 0.3 is 0 Å². The van der Waals surface area contributed by atoms with Gasteiger partial charge in [0, 0.05) is 25.9 Å². The van der Waals surface area contributed by atoms with Crippen molar-refractivity contribution in [3.8, 4) is 12.1 Å². The number of allylic oxidation sites excluding steroid dienone is 4. The SMILES string of the molecule is CCCCCCCCC=CCCCCCCCCN(CCC#N)CCCCN(CCC#N)CCCCCCCCC=CCCCCCCCC. The zero-order valence-electron chi connectivity index (χ0n) is 34.0. The van der Waals surface area contributed by atoms with Gasteiger partial charge in [0.25, 0.3) is 0 Å². The van der Waals surface area contributed by atoms with Crippen LogP contribution in [0, 0.1) is 22.7 Å². The molecule has 0 aromatic carbocycles. The first-order chi connectivity index (χ1) is 24.8. The van der Waals surface area contributed by atoms with Crippen LogP contribution in [0.25, 0.3) is 0 Å². The molecule has 0 unspecified atom stereocenters. The van der Waals surface area contributed by atoms with Crippen LogP contribution in [0.2, 0.25) is 0 Å². The Bertz CT molecular complexity index is 725. The molecule has 0 saturated heterocycles. The number of rotatable bonds is 41. The average molecular weight is 695 g/mol. The fourth-order valence-corrected chi connectivity index (χ4v) is 6.92. The molecule has 0 radical (unpaired) electrons. The third-order valence-electron chi connectivity index (χ3n) is 10.3. The number of nitriles is 2. The standard InChI is InChI=1S/C46H86N4/c1-3-5-7-9-11-13-15-17-19-21-23-25-27-29-31-33-41-49(45-37-39-47)43-35-36-44-50(46-38-40-48)42-34-32-30-28-26-24-22-20-18-16-14-12-10-8-6-4-2/h17-20H,3-16,21-38,41-46H2,1-2H3. The van der Waals surface area contributed by atoms with E-state index in [9.17, 15) is 10.5 Å². The zero-order valence-corrected chi connectivity index (χ0v) is 34.0. The van der Waals surface area contributed by atoms with Gasteiger partial charge in [-0.15, -0.1) is 0 Å². The van der Waals surface area contributed by atoms with E-state index in [1.807, 2.05) is 0 Å². The van der Waals surface area contributed by atoms with E-state index in [1.54, 1.807) is 0 Å². The molecule has 0 aliphatic heterocycles. The van der Waals surface area contributed by atoms with E-state index in [1.165, 1.54) is 193 Å². The second kappa shape index (κ2) is 43.5. The highest BCUT2D eigenvalue weighted by Gasteiger charge is 2.08. The Morgan fingerprint density at radius 1 is 0.320 bits per heavy atom. The van der Waals surface area contributed by atoms with Crippen molar-refractivity contribution in [3.05, 3.63) is 24.3 Å². The van der Waals surface area contributed by atoms with Crippen molar-refractivity contribution in [2.24, 2.45) is 0 Å². The molecule has 0 N–H and O–H groups in total. The van der Waals surface area contributed by atoms with Crippen molar-refractivity contribution in [1.82, 2.24) is 9.80 Å². The van der Waals surface area contributed by atoms with E-state index >= 15 is 0 Å². The lowest BCUT2D eigenvalue weighted by Gasteiger charge is -2.24. The summed E-state index contributed by atoms with van der Waals surface area (Å²) in [7, 11) is 0. The largest absolute Gasteiger partial charge is 0.302 e. The summed E-state index contributed by atoms with van der Waals surface area (Å²) in [6, 6.07) is 4.72. The van der Waals surface area contributed by atoms with Crippen LogP contribution in [0.5, 0.6) is 0 Å². The molecule has 0 heterocycles. The van der Waals surface area contributed by atoms with E-state index in [4.69, 9.17) is 0 Å². The third kappa shape index (κ3) is 39.2. The summed E-state index contributed by atoms with van der Waals surface area (Å²) in [5, 5.41) is 18.3. The molecule has 4 heteroatoms. The van der Waals surface area contributed by atoms with Gasteiger partial charge in [0.2, 0.25) is 0 Å². The van der Waals surface area contributed by atoms with Crippen molar-refractivity contribution in [2.45, 2.75) is 219 Å². The molecule has 0 bridgehead atoms. The summed E-state index contributed by atoms with van der Waals surface area (Å²) in [6.07, 6.45) is 51.0. The summed E-state index contributed by atoms with van der Waals surface area (Å²) in [5.74, 6) is 0. The Balaban J connectivity index is 3.89. The van der Waals surface area contributed by atoms with E-state index < -0.39 is 0 Å². The van der Waals surface area contributed by atoms with E-state index in [0.717, 1.165) is 39.3 Å². The lowest BCUT2D eigenvalue weighted by Crippen LogP contribution is -2.30. The fraction of sp³-hybridized carbons (Fsp3) is 0.870. The fourth-order valence-electron chi connectivity index (χ4n) is 6.92. The second-order valence-corrected chi connectivity index (χ2v) is 15.1. The number of hydrogen-bond acceptors (Lipinski definition) is 4. The first-order valence-corrected chi connectivity index (χ1v) is 22.3. The maximum absolute atomic E-state index is 9.17. The van der Waals surface area contributed by atoms with Crippen molar-refractivity contribution < 1.29 is 0 Å². The number of nitrogens with zero attached hydrogens (tertiary/aromatic N) is 4. The molecule has 0 fully saturated rings. The topological polar surface area (TPSA) is 54.1 Å². The predicted octanol–water partition coefficient (Wildman–Crippen LogP) is 14.3. The molecule has 0 aromatic rings. The van der Waals surface area contributed by atoms with Crippen molar-refractivity contribution in [2.75, 3.05) is 39.3 Å². The minimum atomic E-state index is 0.636. The van der Waals surface area contributed by atoms with Gasteiger partial charge in [-0.2, -0.15) is 10.5 Å². The molecule has 50 heavy (non-hydrogen) atoms. The van der Waals surface area contributed by atoms with Gasteiger partial charge in [-0.05, 0) is 103 Å². The summed E-state index contributed by atoms with van der Waals surface area (Å²) in [6.45, 7) is 10.9. The Hall–Kier alpha value is -1.62. The van der Waals surface area contributed by atoms with Crippen LogP contribution in [0.4, 0.5) is 0 Å². The maximum Gasteiger partial charge on any atom is 0.0635 e. The molecule has 290 valence electrons. The highest BCUT2D eigenvalue weighted by molar-refractivity contribution is 4.82. The van der Waals surface area contributed by atoms with Crippen molar-refractivity contribution in [3.63, 3.8) is 0 Å². The smallest absolute Gasteiger partial charge is 0.0635 e. The molecule has 0 aromatic heterocycles. The van der Waals surface area contributed by atoms with E-state index in [0.29, 0.717) is 12.8 Å². The quantitative estimate of drug-likeness (QED) is 0.0472. The summed E-state index contributed by atoms with van der Waals surface area (Å²) < 4.78 is 0. The minimum absolute atomic E-state index is 0.636. The molecular weight excluding hydrogens is 609 g/mol. The minimum Gasteiger partial charge on any atom is -0.302 e. The Kier molecular flexibility index (Phi) is 42.1.